The maximum Gasteiger partial charge on any atom is 0.283 e. The molecule has 4 aromatic carbocycles. The van der Waals surface area contributed by atoms with Crippen LogP contribution < -0.4 is 15.7 Å². The Morgan fingerprint density at radius 2 is 1.29 bits per heavy atom. The molecule has 6 nitrogen and oxygen atoms in total. The van der Waals surface area contributed by atoms with Gasteiger partial charge in [-0.05, 0) is 64.5 Å². The molecule has 0 fully saturated rings. The molecule has 1 radical (unpaired) electrons. The van der Waals surface area contributed by atoms with E-state index in [1.807, 2.05) is 55.5 Å². The first kappa shape index (κ1) is 29.2. The second kappa shape index (κ2) is 11.9. The largest absolute Gasteiger partial charge is 0.400 e. The second-order valence-corrected chi connectivity index (χ2v) is 13.7. The van der Waals surface area contributed by atoms with Gasteiger partial charge >= 0.3 is 0 Å². The van der Waals surface area contributed by atoms with E-state index in [9.17, 15) is 14.4 Å². The summed E-state index contributed by atoms with van der Waals surface area (Å²) in [6.45, 7) is 10.2. The molecule has 42 heavy (non-hydrogen) atoms. The molecule has 3 amide bonds. The minimum atomic E-state index is -1.62. The summed E-state index contributed by atoms with van der Waals surface area (Å²) in [4.78, 5) is 39.8. The van der Waals surface area contributed by atoms with E-state index in [2.05, 4.69) is 57.3 Å². The molecule has 1 aliphatic rings. The molecule has 0 saturated heterocycles. The summed E-state index contributed by atoms with van der Waals surface area (Å²) in [5.41, 5.74) is 3.99. The van der Waals surface area contributed by atoms with Crippen LogP contribution in [0.2, 0.25) is 0 Å². The first-order chi connectivity index (χ1) is 20.1. The molecule has 0 aliphatic carbocycles. The summed E-state index contributed by atoms with van der Waals surface area (Å²) >= 11 is 0. The van der Waals surface area contributed by atoms with Crippen LogP contribution in [0, 0.1) is 19.3 Å². The van der Waals surface area contributed by atoms with Gasteiger partial charge in [-0.15, -0.1) is 0 Å². The van der Waals surface area contributed by atoms with Crippen molar-refractivity contribution in [3.63, 3.8) is 0 Å². The van der Waals surface area contributed by atoms with Crippen molar-refractivity contribution in [2.75, 3.05) is 11.9 Å². The number of fused-ring (bicyclic) bond motifs is 1. The van der Waals surface area contributed by atoms with Gasteiger partial charge in [0.1, 0.15) is 6.54 Å². The molecule has 5 rings (SSSR count). The number of carbonyl (C=O) groups is 3. The van der Waals surface area contributed by atoms with Crippen molar-refractivity contribution in [3.8, 4) is 0 Å². The highest BCUT2D eigenvalue weighted by molar-refractivity contribution is 6.80. The van der Waals surface area contributed by atoms with Crippen molar-refractivity contribution in [1.29, 1.82) is 0 Å². The van der Waals surface area contributed by atoms with E-state index >= 15 is 0 Å². The summed E-state index contributed by atoms with van der Waals surface area (Å²) in [5.74, 6) is -1.34. The highest BCUT2D eigenvalue weighted by atomic mass is 28.3. The Morgan fingerprint density at radius 1 is 0.786 bits per heavy atom. The van der Waals surface area contributed by atoms with Gasteiger partial charge in [0.05, 0.1) is 17.2 Å². The summed E-state index contributed by atoms with van der Waals surface area (Å²) in [6, 6.07) is 31.2. The predicted molar refractivity (Wildman–Crippen MR) is 168 cm³/mol. The molecule has 0 spiro atoms. The zero-order chi connectivity index (χ0) is 30.0. The van der Waals surface area contributed by atoms with E-state index in [-0.39, 0.29) is 18.1 Å². The van der Waals surface area contributed by atoms with E-state index < -0.39 is 26.8 Å². The van der Waals surface area contributed by atoms with Crippen LogP contribution in [-0.2, 0) is 9.22 Å². The molecular formula is C35H35N2O4Si. The van der Waals surface area contributed by atoms with Crippen LogP contribution in [0.3, 0.4) is 0 Å². The van der Waals surface area contributed by atoms with E-state index in [4.69, 9.17) is 4.43 Å². The summed E-state index contributed by atoms with van der Waals surface area (Å²) < 4.78 is 7.16. The Bertz CT molecular complexity index is 1560. The van der Waals surface area contributed by atoms with Crippen LogP contribution >= 0.6 is 0 Å². The lowest BCUT2D eigenvalue weighted by Crippen LogP contribution is -2.47. The average molecular weight is 576 g/mol. The van der Waals surface area contributed by atoms with Crippen LogP contribution in [0.15, 0.2) is 97.1 Å². The van der Waals surface area contributed by atoms with Crippen molar-refractivity contribution in [1.82, 2.24) is 4.90 Å². The molecule has 4 aromatic rings. The maximum atomic E-state index is 13.2. The average Bonchev–Trinajstić information content (AvgIpc) is 3.21. The number of hydrogen-bond donors (Lipinski definition) is 1. The zero-order valence-electron chi connectivity index (χ0n) is 24.6. The Hall–Kier alpha value is -4.33. The molecule has 1 heterocycles. The third kappa shape index (κ3) is 5.84. The third-order valence-corrected chi connectivity index (χ3v) is 9.73. The van der Waals surface area contributed by atoms with Gasteiger partial charge in [0.25, 0.3) is 20.9 Å². The number of anilines is 1. The lowest BCUT2D eigenvalue weighted by Gasteiger charge is -2.36. The Kier molecular flexibility index (Phi) is 8.25. The smallest absolute Gasteiger partial charge is 0.283 e. The standard InChI is InChI=1S/C35H35N2O4Si/c1-23-20-21-29(36-30(38)22-37-33(39)27-18-12-13-19-28(27)34(37)40)24(2)31(23)32(35(3,4)5)41-42(25-14-8-6-9-15-25)26-16-10-7-11-17-26/h6-21,32H,22H2,1-5H3,(H,36,38). The molecule has 1 unspecified atom stereocenters. The van der Waals surface area contributed by atoms with Crippen molar-refractivity contribution >= 4 is 42.8 Å². The fraction of sp³-hybridized carbons (Fsp3) is 0.229. The SMILES string of the molecule is Cc1ccc(NC(=O)CN2C(=O)c3ccccc3C2=O)c(C)c1C(O[Si](c1ccccc1)c1ccccc1)C(C)(C)C. The van der Waals surface area contributed by atoms with Crippen molar-refractivity contribution in [2.24, 2.45) is 5.41 Å². The van der Waals surface area contributed by atoms with Crippen LogP contribution in [0.4, 0.5) is 5.69 Å². The van der Waals surface area contributed by atoms with Crippen LogP contribution in [0.1, 0.15) is 64.3 Å². The van der Waals surface area contributed by atoms with E-state index in [1.54, 1.807) is 24.3 Å². The van der Waals surface area contributed by atoms with Gasteiger partial charge in [-0.25, -0.2) is 0 Å². The molecule has 1 aliphatic heterocycles. The zero-order valence-corrected chi connectivity index (χ0v) is 25.6. The molecule has 0 bridgehead atoms. The first-order valence-corrected chi connectivity index (χ1v) is 15.5. The molecule has 1 atom stereocenters. The van der Waals surface area contributed by atoms with Gasteiger partial charge in [0.2, 0.25) is 5.91 Å². The summed E-state index contributed by atoms with van der Waals surface area (Å²) in [5, 5.41) is 5.28. The Labute approximate surface area is 249 Å². The monoisotopic (exact) mass is 575 g/mol. The Morgan fingerprint density at radius 3 is 1.79 bits per heavy atom. The number of nitrogens with zero attached hydrogens (tertiary/aromatic N) is 1. The number of rotatable bonds is 8. The number of carbonyl (C=O) groups excluding carboxylic acids is 3. The quantitative estimate of drug-likeness (QED) is 0.224. The normalized spacial score (nSPS) is 13.8. The van der Waals surface area contributed by atoms with Crippen LogP contribution in [0.5, 0.6) is 0 Å². The van der Waals surface area contributed by atoms with E-state index in [1.165, 1.54) is 0 Å². The van der Waals surface area contributed by atoms with Crippen molar-refractivity contribution in [3.05, 3.63) is 125 Å². The number of amides is 3. The highest BCUT2D eigenvalue weighted by Gasteiger charge is 2.37. The minimum Gasteiger partial charge on any atom is -0.400 e. The lowest BCUT2D eigenvalue weighted by molar-refractivity contribution is -0.116. The number of nitrogens with one attached hydrogen (secondary N) is 1. The predicted octanol–water partition coefficient (Wildman–Crippen LogP) is 5.45. The number of hydrogen-bond acceptors (Lipinski definition) is 4. The fourth-order valence-electron chi connectivity index (χ4n) is 5.39. The first-order valence-electron chi connectivity index (χ1n) is 14.1. The van der Waals surface area contributed by atoms with Crippen molar-refractivity contribution < 1.29 is 18.8 Å². The van der Waals surface area contributed by atoms with Gasteiger partial charge in [-0.2, -0.15) is 0 Å². The van der Waals surface area contributed by atoms with Gasteiger partial charge in [-0.1, -0.05) is 99.6 Å². The maximum absolute atomic E-state index is 13.2. The second-order valence-electron chi connectivity index (χ2n) is 11.7. The number of benzene rings is 4. The molecular weight excluding hydrogens is 540 g/mol. The van der Waals surface area contributed by atoms with E-state index in [0.717, 1.165) is 32.0 Å². The van der Waals surface area contributed by atoms with Gasteiger partial charge in [0.15, 0.2) is 0 Å². The van der Waals surface area contributed by atoms with Crippen molar-refractivity contribution in [2.45, 2.75) is 40.7 Å². The number of aryl methyl sites for hydroxylation is 1. The molecule has 0 aromatic heterocycles. The highest BCUT2D eigenvalue weighted by Crippen LogP contribution is 2.41. The molecule has 0 saturated carbocycles. The van der Waals surface area contributed by atoms with Gasteiger partial charge in [-0.3, -0.25) is 19.3 Å². The molecule has 1 N–H and O–H groups in total. The fourth-order valence-corrected chi connectivity index (χ4v) is 7.69. The Balaban J connectivity index is 1.44. The molecule has 213 valence electrons. The lowest BCUT2D eigenvalue weighted by atomic mass is 9.81. The third-order valence-electron chi connectivity index (χ3n) is 7.54. The van der Waals surface area contributed by atoms with E-state index in [0.29, 0.717) is 16.8 Å². The topological polar surface area (TPSA) is 75.7 Å². The summed E-state index contributed by atoms with van der Waals surface area (Å²) in [6.07, 6.45) is -0.278. The molecule has 7 heteroatoms. The van der Waals surface area contributed by atoms with Gasteiger partial charge < -0.3 is 9.74 Å². The minimum absolute atomic E-state index is 0.266. The van der Waals surface area contributed by atoms with Gasteiger partial charge in [0, 0.05) is 5.69 Å². The number of imide groups is 1. The van der Waals surface area contributed by atoms with Crippen LogP contribution in [-0.4, -0.2) is 38.2 Å². The summed E-state index contributed by atoms with van der Waals surface area (Å²) in [7, 11) is -1.62. The van der Waals surface area contributed by atoms with Crippen LogP contribution in [0.25, 0.3) is 0 Å².